The molecule has 0 radical (unpaired) electrons. The zero-order valence-corrected chi connectivity index (χ0v) is 10.4. The van der Waals surface area contributed by atoms with Gasteiger partial charge < -0.3 is 9.84 Å². The lowest BCUT2D eigenvalue weighted by Gasteiger charge is -2.07. The van der Waals surface area contributed by atoms with E-state index in [0.717, 1.165) is 28.2 Å². The molecule has 0 atom stereocenters. The Balaban J connectivity index is 2.25. The van der Waals surface area contributed by atoms with E-state index in [-0.39, 0.29) is 4.88 Å². The van der Waals surface area contributed by atoms with E-state index in [1.54, 1.807) is 12.1 Å². The summed E-state index contributed by atoms with van der Waals surface area (Å²) >= 11 is 1.13. The van der Waals surface area contributed by atoms with Crippen LogP contribution in [0.1, 0.15) is 20.8 Å². The van der Waals surface area contributed by atoms with Crippen molar-refractivity contribution in [2.45, 2.75) is 13.8 Å². The quantitative estimate of drug-likeness (QED) is 0.897. The monoisotopic (exact) mass is 248 g/mol. The van der Waals surface area contributed by atoms with E-state index in [1.165, 1.54) is 0 Å². The molecule has 2 aromatic rings. The van der Waals surface area contributed by atoms with Gasteiger partial charge in [0.15, 0.2) is 5.06 Å². The molecule has 1 aromatic heterocycles. The number of hydrogen-bond donors (Lipinski definition) is 1. The van der Waals surface area contributed by atoms with E-state index in [2.05, 4.69) is 0 Å². The second kappa shape index (κ2) is 4.59. The van der Waals surface area contributed by atoms with Crippen LogP contribution in [0.5, 0.6) is 10.8 Å². The Bertz CT molecular complexity index is 558. The molecule has 0 aliphatic rings. The van der Waals surface area contributed by atoms with Crippen LogP contribution in [0.4, 0.5) is 0 Å². The van der Waals surface area contributed by atoms with Crippen molar-refractivity contribution in [1.29, 1.82) is 0 Å². The minimum Gasteiger partial charge on any atom is -0.477 e. The number of hydrogen-bond acceptors (Lipinski definition) is 3. The molecule has 0 aliphatic heterocycles. The van der Waals surface area contributed by atoms with Crippen LogP contribution < -0.4 is 4.74 Å². The van der Waals surface area contributed by atoms with Gasteiger partial charge in [0, 0.05) is 0 Å². The summed E-state index contributed by atoms with van der Waals surface area (Å²) in [7, 11) is 0. The lowest BCUT2D eigenvalue weighted by Crippen LogP contribution is -1.89. The van der Waals surface area contributed by atoms with Gasteiger partial charge in [0.05, 0.1) is 0 Å². The molecular weight excluding hydrogens is 236 g/mol. The third-order valence-corrected chi connectivity index (χ3v) is 3.30. The molecule has 0 aliphatic carbocycles. The number of rotatable bonds is 3. The Labute approximate surface area is 103 Å². The van der Waals surface area contributed by atoms with Crippen molar-refractivity contribution >= 4 is 17.3 Å². The maximum absolute atomic E-state index is 10.7. The topological polar surface area (TPSA) is 46.5 Å². The summed E-state index contributed by atoms with van der Waals surface area (Å²) in [5, 5.41) is 9.41. The van der Waals surface area contributed by atoms with E-state index < -0.39 is 5.97 Å². The zero-order valence-electron chi connectivity index (χ0n) is 9.56. The van der Waals surface area contributed by atoms with Gasteiger partial charge in [0.25, 0.3) is 0 Å². The first kappa shape index (κ1) is 11.7. The van der Waals surface area contributed by atoms with Crippen molar-refractivity contribution in [3.63, 3.8) is 0 Å². The van der Waals surface area contributed by atoms with Gasteiger partial charge in [-0.05, 0) is 43.2 Å². The fourth-order valence-corrected chi connectivity index (χ4v) is 2.12. The molecule has 0 fully saturated rings. The molecule has 3 nitrogen and oxygen atoms in total. The van der Waals surface area contributed by atoms with Crippen LogP contribution in [0.15, 0.2) is 30.3 Å². The Morgan fingerprint density at radius 2 is 2.00 bits per heavy atom. The molecule has 0 spiro atoms. The summed E-state index contributed by atoms with van der Waals surface area (Å²) in [6.45, 7) is 3.95. The fourth-order valence-electron chi connectivity index (χ4n) is 1.42. The van der Waals surface area contributed by atoms with Crippen LogP contribution >= 0.6 is 11.3 Å². The number of carbonyl (C=O) groups is 1. The number of aryl methyl sites for hydroxylation is 2. The van der Waals surface area contributed by atoms with Gasteiger partial charge in [-0.3, -0.25) is 0 Å². The Kier molecular flexibility index (Phi) is 3.15. The first-order chi connectivity index (χ1) is 8.06. The third kappa shape index (κ3) is 2.65. The van der Waals surface area contributed by atoms with Crippen LogP contribution in [0.3, 0.4) is 0 Å². The second-order valence-electron chi connectivity index (χ2n) is 3.79. The standard InChI is InChI=1S/C13H12O3S/c1-8-3-4-9(2)10(7-8)16-12-6-5-11(17-12)13(14)15/h3-7H,1-2H3,(H,14,15). The molecule has 1 heterocycles. The molecule has 2 rings (SSSR count). The molecule has 1 aromatic carbocycles. The fraction of sp³-hybridized carbons (Fsp3) is 0.154. The van der Waals surface area contributed by atoms with E-state index in [4.69, 9.17) is 9.84 Å². The lowest BCUT2D eigenvalue weighted by molar-refractivity contribution is 0.0702. The molecule has 0 bridgehead atoms. The molecule has 88 valence electrons. The van der Waals surface area contributed by atoms with Crippen molar-refractivity contribution in [2.75, 3.05) is 0 Å². The highest BCUT2D eigenvalue weighted by Gasteiger charge is 2.09. The van der Waals surface area contributed by atoms with Crippen LogP contribution in [0.2, 0.25) is 0 Å². The summed E-state index contributed by atoms with van der Waals surface area (Å²) in [6, 6.07) is 9.16. The first-order valence-electron chi connectivity index (χ1n) is 5.14. The molecule has 0 amide bonds. The van der Waals surface area contributed by atoms with Gasteiger partial charge in [0.2, 0.25) is 0 Å². The smallest absolute Gasteiger partial charge is 0.345 e. The van der Waals surface area contributed by atoms with Gasteiger partial charge in [-0.15, -0.1) is 0 Å². The molecule has 0 unspecified atom stereocenters. The van der Waals surface area contributed by atoms with Crippen LogP contribution in [0, 0.1) is 13.8 Å². The van der Waals surface area contributed by atoms with E-state index in [9.17, 15) is 4.79 Å². The van der Waals surface area contributed by atoms with Crippen molar-refractivity contribution in [1.82, 2.24) is 0 Å². The van der Waals surface area contributed by atoms with Crippen LogP contribution in [-0.2, 0) is 0 Å². The number of ether oxygens (including phenoxy) is 1. The molecule has 1 N–H and O–H groups in total. The van der Waals surface area contributed by atoms with Gasteiger partial charge in [0.1, 0.15) is 10.6 Å². The maximum atomic E-state index is 10.7. The van der Waals surface area contributed by atoms with Crippen molar-refractivity contribution in [3.8, 4) is 10.8 Å². The Hall–Kier alpha value is -1.81. The van der Waals surface area contributed by atoms with Crippen molar-refractivity contribution < 1.29 is 14.6 Å². The van der Waals surface area contributed by atoms with E-state index in [0.29, 0.717) is 5.06 Å². The average Bonchev–Trinajstić information content (AvgIpc) is 2.72. The molecule has 4 heteroatoms. The van der Waals surface area contributed by atoms with Crippen LogP contribution in [-0.4, -0.2) is 11.1 Å². The molecule has 0 saturated heterocycles. The van der Waals surface area contributed by atoms with Gasteiger partial charge in [-0.2, -0.15) is 0 Å². The SMILES string of the molecule is Cc1ccc(C)c(Oc2ccc(C(=O)O)s2)c1. The minimum absolute atomic E-state index is 0.283. The van der Waals surface area contributed by atoms with Crippen molar-refractivity contribution in [3.05, 3.63) is 46.3 Å². The third-order valence-electron chi connectivity index (χ3n) is 2.35. The second-order valence-corrected chi connectivity index (χ2v) is 4.84. The summed E-state index contributed by atoms with van der Waals surface area (Å²) in [5.41, 5.74) is 2.14. The number of thiophene rings is 1. The number of aromatic carboxylic acids is 1. The maximum Gasteiger partial charge on any atom is 0.345 e. The zero-order chi connectivity index (χ0) is 12.4. The summed E-state index contributed by atoms with van der Waals surface area (Å²) in [5.74, 6) is -0.158. The summed E-state index contributed by atoms with van der Waals surface area (Å²) in [4.78, 5) is 11.0. The molecule has 0 saturated carbocycles. The Morgan fingerprint density at radius 1 is 1.24 bits per heavy atom. The average molecular weight is 248 g/mol. The van der Waals surface area contributed by atoms with Gasteiger partial charge in [-0.1, -0.05) is 23.5 Å². The van der Waals surface area contributed by atoms with E-state index >= 15 is 0 Å². The highest BCUT2D eigenvalue weighted by atomic mass is 32.1. The van der Waals surface area contributed by atoms with Gasteiger partial charge >= 0.3 is 5.97 Å². The number of carboxylic acids is 1. The first-order valence-corrected chi connectivity index (χ1v) is 5.96. The highest BCUT2D eigenvalue weighted by Crippen LogP contribution is 2.31. The van der Waals surface area contributed by atoms with Crippen molar-refractivity contribution in [2.24, 2.45) is 0 Å². The summed E-state index contributed by atoms with van der Waals surface area (Å²) in [6.07, 6.45) is 0. The molecule has 17 heavy (non-hydrogen) atoms. The Morgan fingerprint density at radius 3 is 2.65 bits per heavy atom. The summed E-state index contributed by atoms with van der Waals surface area (Å²) < 4.78 is 5.68. The lowest BCUT2D eigenvalue weighted by atomic mass is 10.1. The highest BCUT2D eigenvalue weighted by molar-refractivity contribution is 7.15. The minimum atomic E-state index is -0.925. The van der Waals surface area contributed by atoms with E-state index in [1.807, 2.05) is 32.0 Å². The number of benzene rings is 1. The number of carboxylic acid groups (broad SMARTS) is 1. The van der Waals surface area contributed by atoms with Crippen LogP contribution in [0.25, 0.3) is 0 Å². The molecular formula is C13H12O3S. The predicted octanol–water partition coefficient (Wildman–Crippen LogP) is 3.86. The predicted molar refractivity (Wildman–Crippen MR) is 67.3 cm³/mol. The van der Waals surface area contributed by atoms with Gasteiger partial charge in [-0.25, -0.2) is 4.79 Å². The largest absolute Gasteiger partial charge is 0.477 e. The normalized spacial score (nSPS) is 10.2.